The predicted molar refractivity (Wildman–Crippen MR) is 86.4 cm³/mol. The molecule has 0 aromatic heterocycles. The van der Waals surface area contributed by atoms with Gasteiger partial charge in [-0.2, -0.15) is 0 Å². The van der Waals surface area contributed by atoms with Gasteiger partial charge in [0, 0.05) is 12.6 Å². The first kappa shape index (κ1) is 15.0. The van der Waals surface area contributed by atoms with Gasteiger partial charge >= 0.3 is 6.09 Å². The SMILES string of the molecule is O=C1C=CN(C(=O)OCc2ccccc2)[C@@H](c2ccccc2)C1. The van der Waals surface area contributed by atoms with E-state index in [0.29, 0.717) is 0 Å². The van der Waals surface area contributed by atoms with E-state index in [1.54, 1.807) is 0 Å². The molecule has 1 amide bonds. The zero-order valence-corrected chi connectivity index (χ0v) is 12.6. The number of nitrogens with zero attached hydrogens (tertiary/aromatic N) is 1. The molecule has 1 aliphatic heterocycles. The molecule has 116 valence electrons. The van der Waals surface area contributed by atoms with Crippen molar-refractivity contribution in [2.75, 3.05) is 0 Å². The second-order valence-electron chi connectivity index (χ2n) is 5.36. The highest BCUT2D eigenvalue weighted by atomic mass is 16.6. The minimum atomic E-state index is -0.452. The smallest absolute Gasteiger partial charge is 0.414 e. The number of benzene rings is 2. The molecular formula is C19H17NO3. The molecule has 2 aromatic rings. The Hall–Kier alpha value is -2.88. The lowest BCUT2D eigenvalue weighted by molar-refractivity contribution is -0.116. The zero-order chi connectivity index (χ0) is 16.1. The highest BCUT2D eigenvalue weighted by Crippen LogP contribution is 2.29. The lowest BCUT2D eigenvalue weighted by atomic mass is 9.98. The second-order valence-corrected chi connectivity index (χ2v) is 5.36. The number of carbonyl (C=O) groups is 2. The lowest BCUT2D eigenvalue weighted by Crippen LogP contribution is -2.34. The summed E-state index contributed by atoms with van der Waals surface area (Å²) in [5, 5.41) is 0. The molecule has 0 spiro atoms. The van der Waals surface area contributed by atoms with Crippen molar-refractivity contribution in [3.63, 3.8) is 0 Å². The maximum atomic E-state index is 12.4. The van der Waals surface area contributed by atoms with Gasteiger partial charge in [0.15, 0.2) is 5.78 Å². The van der Waals surface area contributed by atoms with E-state index in [1.165, 1.54) is 17.2 Å². The Kier molecular flexibility index (Phi) is 4.52. The Morgan fingerprint density at radius 3 is 2.39 bits per heavy atom. The second kappa shape index (κ2) is 6.92. The van der Waals surface area contributed by atoms with Gasteiger partial charge in [-0.05, 0) is 17.2 Å². The summed E-state index contributed by atoms with van der Waals surface area (Å²) in [7, 11) is 0. The largest absolute Gasteiger partial charge is 0.444 e. The van der Waals surface area contributed by atoms with Crippen LogP contribution in [0.25, 0.3) is 0 Å². The average molecular weight is 307 g/mol. The molecule has 0 saturated carbocycles. The quantitative estimate of drug-likeness (QED) is 0.865. The summed E-state index contributed by atoms with van der Waals surface area (Å²) < 4.78 is 5.38. The molecular weight excluding hydrogens is 290 g/mol. The van der Waals surface area contributed by atoms with Gasteiger partial charge in [0.05, 0.1) is 6.04 Å². The highest BCUT2D eigenvalue weighted by molar-refractivity contribution is 5.92. The minimum absolute atomic E-state index is 0.00552. The summed E-state index contributed by atoms with van der Waals surface area (Å²) in [4.78, 5) is 25.6. The predicted octanol–water partition coefficient (Wildman–Crippen LogP) is 3.85. The lowest BCUT2D eigenvalue weighted by Gasteiger charge is -2.30. The van der Waals surface area contributed by atoms with Crippen molar-refractivity contribution in [3.8, 4) is 0 Å². The van der Waals surface area contributed by atoms with Gasteiger partial charge in [-0.3, -0.25) is 9.69 Å². The number of ether oxygens (including phenoxy) is 1. The average Bonchev–Trinajstić information content (AvgIpc) is 2.61. The molecule has 0 aliphatic carbocycles. The molecule has 0 fully saturated rings. The number of hydrogen-bond acceptors (Lipinski definition) is 3. The van der Waals surface area contributed by atoms with E-state index in [1.807, 2.05) is 60.7 Å². The molecule has 0 unspecified atom stereocenters. The molecule has 1 aliphatic rings. The monoisotopic (exact) mass is 307 g/mol. The van der Waals surface area contributed by atoms with Crippen LogP contribution in [-0.4, -0.2) is 16.8 Å². The molecule has 0 radical (unpaired) electrons. The van der Waals surface area contributed by atoms with Crippen molar-refractivity contribution in [2.24, 2.45) is 0 Å². The summed E-state index contributed by atoms with van der Waals surface area (Å²) in [6.45, 7) is 0.208. The molecule has 4 nitrogen and oxygen atoms in total. The molecule has 0 saturated heterocycles. The number of amides is 1. The van der Waals surface area contributed by atoms with Crippen molar-refractivity contribution in [2.45, 2.75) is 19.1 Å². The van der Waals surface area contributed by atoms with Crippen molar-refractivity contribution in [1.29, 1.82) is 0 Å². The van der Waals surface area contributed by atoms with Crippen LogP contribution in [0.5, 0.6) is 0 Å². The molecule has 0 bridgehead atoms. The number of ketones is 1. The van der Waals surface area contributed by atoms with Crippen molar-refractivity contribution < 1.29 is 14.3 Å². The van der Waals surface area contributed by atoms with Crippen molar-refractivity contribution in [3.05, 3.63) is 84.1 Å². The van der Waals surface area contributed by atoms with Crippen LogP contribution in [0, 0.1) is 0 Å². The van der Waals surface area contributed by atoms with Crippen LogP contribution < -0.4 is 0 Å². The van der Waals surface area contributed by atoms with Gasteiger partial charge in [-0.15, -0.1) is 0 Å². The summed E-state index contributed by atoms with van der Waals surface area (Å²) in [5.41, 5.74) is 1.84. The summed E-state index contributed by atoms with van der Waals surface area (Å²) in [6.07, 6.45) is 2.74. The Bertz CT molecular complexity index is 710. The van der Waals surface area contributed by atoms with E-state index in [-0.39, 0.29) is 24.9 Å². The fourth-order valence-electron chi connectivity index (χ4n) is 2.56. The number of hydrogen-bond donors (Lipinski definition) is 0. The Morgan fingerprint density at radius 2 is 1.70 bits per heavy atom. The zero-order valence-electron chi connectivity index (χ0n) is 12.6. The van der Waals surface area contributed by atoms with E-state index >= 15 is 0 Å². The third-order valence-corrected chi connectivity index (χ3v) is 3.75. The van der Waals surface area contributed by atoms with Crippen LogP contribution in [0.2, 0.25) is 0 Å². The number of carbonyl (C=O) groups excluding carboxylic acids is 2. The Balaban J connectivity index is 1.74. The van der Waals surface area contributed by atoms with Crippen molar-refractivity contribution in [1.82, 2.24) is 4.90 Å². The molecule has 4 heteroatoms. The van der Waals surface area contributed by atoms with Crippen molar-refractivity contribution >= 4 is 11.9 Å². The first-order chi connectivity index (χ1) is 11.2. The van der Waals surface area contributed by atoms with E-state index in [2.05, 4.69) is 0 Å². The Labute approximate surface area is 135 Å². The maximum absolute atomic E-state index is 12.4. The first-order valence-electron chi connectivity index (χ1n) is 7.49. The molecule has 1 atom stereocenters. The number of rotatable bonds is 3. The van der Waals surface area contributed by atoms with Gasteiger partial charge in [0.25, 0.3) is 0 Å². The van der Waals surface area contributed by atoms with Crippen LogP contribution in [0.1, 0.15) is 23.6 Å². The van der Waals surface area contributed by atoms with E-state index in [9.17, 15) is 9.59 Å². The molecule has 1 heterocycles. The van der Waals surface area contributed by atoms with Gasteiger partial charge in [0.1, 0.15) is 6.61 Å². The number of allylic oxidation sites excluding steroid dienone is 1. The molecule has 2 aromatic carbocycles. The standard InChI is InChI=1S/C19H17NO3/c21-17-11-12-20(18(13-17)16-9-5-2-6-10-16)19(22)23-14-15-7-3-1-4-8-15/h1-12,18H,13-14H2/t18-/m1/s1. The maximum Gasteiger partial charge on any atom is 0.414 e. The van der Waals surface area contributed by atoms with Crippen LogP contribution in [0.15, 0.2) is 72.9 Å². The van der Waals surface area contributed by atoms with Crippen LogP contribution >= 0.6 is 0 Å². The van der Waals surface area contributed by atoms with Crippen LogP contribution in [0.4, 0.5) is 4.79 Å². The topological polar surface area (TPSA) is 46.6 Å². The van der Waals surface area contributed by atoms with Gasteiger partial charge in [0.2, 0.25) is 0 Å². The fraction of sp³-hybridized carbons (Fsp3) is 0.158. The third-order valence-electron chi connectivity index (χ3n) is 3.75. The van der Waals surface area contributed by atoms with E-state index in [4.69, 9.17) is 4.74 Å². The first-order valence-corrected chi connectivity index (χ1v) is 7.49. The van der Waals surface area contributed by atoms with Gasteiger partial charge in [-0.1, -0.05) is 60.7 Å². The molecule has 3 rings (SSSR count). The summed E-state index contributed by atoms with van der Waals surface area (Å²) in [6, 6.07) is 18.7. The van der Waals surface area contributed by atoms with Crippen LogP contribution in [-0.2, 0) is 16.1 Å². The summed E-state index contributed by atoms with van der Waals surface area (Å²) >= 11 is 0. The molecule has 0 N–H and O–H groups in total. The minimum Gasteiger partial charge on any atom is -0.444 e. The summed E-state index contributed by atoms with van der Waals surface area (Å²) in [5.74, 6) is 0.00552. The van der Waals surface area contributed by atoms with Crippen LogP contribution in [0.3, 0.4) is 0 Å². The highest BCUT2D eigenvalue weighted by Gasteiger charge is 2.29. The van der Waals surface area contributed by atoms with Gasteiger partial charge in [-0.25, -0.2) is 4.79 Å². The fourth-order valence-corrected chi connectivity index (χ4v) is 2.56. The van der Waals surface area contributed by atoms with E-state index in [0.717, 1.165) is 11.1 Å². The molecule has 23 heavy (non-hydrogen) atoms. The third kappa shape index (κ3) is 3.66. The van der Waals surface area contributed by atoms with E-state index < -0.39 is 6.09 Å². The normalized spacial score (nSPS) is 17.1. The van der Waals surface area contributed by atoms with Gasteiger partial charge < -0.3 is 4.74 Å². The Morgan fingerprint density at radius 1 is 1.04 bits per heavy atom.